The molecule has 0 saturated carbocycles. The third-order valence-electron chi connectivity index (χ3n) is 3.38. The van der Waals surface area contributed by atoms with E-state index in [4.69, 9.17) is 16.2 Å². The summed E-state index contributed by atoms with van der Waals surface area (Å²) in [4.78, 5) is 18.4. The molecule has 1 aromatic carbocycles. The summed E-state index contributed by atoms with van der Waals surface area (Å²) < 4.78 is 5.03. The molecule has 1 aromatic heterocycles. The second-order valence-electron chi connectivity index (χ2n) is 5.12. The number of amides is 1. The van der Waals surface area contributed by atoms with Crippen molar-refractivity contribution in [1.29, 1.82) is 0 Å². The number of hydrogen-bond acceptors (Lipinski definition) is 6. The predicted molar refractivity (Wildman–Crippen MR) is 92.6 cm³/mol. The summed E-state index contributed by atoms with van der Waals surface area (Å²) >= 11 is 0. The van der Waals surface area contributed by atoms with Gasteiger partial charge in [0.1, 0.15) is 5.82 Å². The standard InChI is InChI=1S/C16H21N5O2/c1-21(7-8-23-2)15-6-3-11(10-19-15)16(22)20-12-4-5-13(17)14(18)9-12/h3-6,9-10H,7-8,17-18H2,1-2H3,(H,20,22). The van der Waals surface area contributed by atoms with Gasteiger partial charge in [0.2, 0.25) is 0 Å². The average molecular weight is 315 g/mol. The van der Waals surface area contributed by atoms with E-state index in [0.717, 1.165) is 12.4 Å². The van der Waals surface area contributed by atoms with Gasteiger partial charge in [0, 0.05) is 32.6 Å². The maximum absolute atomic E-state index is 12.2. The number of pyridine rings is 1. The van der Waals surface area contributed by atoms with Gasteiger partial charge in [-0.05, 0) is 30.3 Å². The number of carbonyl (C=O) groups is 1. The Balaban J connectivity index is 2.03. The molecule has 0 spiro atoms. The Morgan fingerprint density at radius 1 is 1.26 bits per heavy atom. The van der Waals surface area contributed by atoms with Crippen LogP contribution in [0.1, 0.15) is 10.4 Å². The Morgan fingerprint density at radius 3 is 2.65 bits per heavy atom. The molecular weight excluding hydrogens is 294 g/mol. The van der Waals surface area contributed by atoms with E-state index in [0.29, 0.717) is 29.2 Å². The maximum atomic E-state index is 12.2. The second kappa shape index (κ2) is 7.46. The summed E-state index contributed by atoms with van der Waals surface area (Å²) in [6.45, 7) is 1.33. The van der Waals surface area contributed by atoms with Crippen molar-refractivity contribution >= 4 is 28.8 Å². The largest absolute Gasteiger partial charge is 0.397 e. The van der Waals surface area contributed by atoms with E-state index < -0.39 is 0 Å². The molecule has 1 amide bonds. The molecule has 0 radical (unpaired) electrons. The van der Waals surface area contributed by atoms with Crippen LogP contribution in [0, 0.1) is 0 Å². The van der Waals surface area contributed by atoms with E-state index in [1.54, 1.807) is 37.4 Å². The molecular formula is C16H21N5O2. The lowest BCUT2D eigenvalue weighted by Gasteiger charge is -2.17. The number of nitrogens with one attached hydrogen (secondary N) is 1. The maximum Gasteiger partial charge on any atom is 0.257 e. The predicted octanol–water partition coefficient (Wildman–Crippen LogP) is 1.58. The molecule has 0 atom stereocenters. The van der Waals surface area contributed by atoms with Gasteiger partial charge < -0.3 is 26.4 Å². The Bertz CT molecular complexity index is 673. The van der Waals surface area contributed by atoms with Gasteiger partial charge >= 0.3 is 0 Å². The highest BCUT2D eigenvalue weighted by Gasteiger charge is 2.09. The first-order valence-corrected chi connectivity index (χ1v) is 7.13. The fourth-order valence-electron chi connectivity index (χ4n) is 1.94. The number of aromatic nitrogens is 1. The minimum absolute atomic E-state index is 0.257. The topological polar surface area (TPSA) is 106 Å². The summed E-state index contributed by atoms with van der Waals surface area (Å²) in [5, 5.41) is 2.76. The van der Waals surface area contributed by atoms with Gasteiger partial charge in [0.25, 0.3) is 5.91 Å². The summed E-state index contributed by atoms with van der Waals surface area (Å²) in [6, 6.07) is 8.48. The fraction of sp³-hybridized carbons (Fsp3) is 0.250. The molecule has 7 nitrogen and oxygen atoms in total. The molecule has 1 heterocycles. The lowest BCUT2D eigenvalue weighted by atomic mass is 10.2. The van der Waals surface area contributed by atoms with Crippen molar-refractivity contribution < 1.29 is 9.53 Å². The number of nitrogen functional groups attached to an aromatic ring is 2. The van der Waals surface area contributed by atoms with Crippen LogP contribution in [0.15, 0.2) is 36.5 Å². The minimum atomic E-state index is -0.257. The zero-order valence-electron chi connectivity index (χ0n) is 13.2. The van der Waals surface area contributed by atoms with Gasteiger partial charge in [-0.2, -0.15) is 0 Å². The van der Waals surface area contributed by atoms with E-state index in [-0.39, 0.29) is 5.91 Å². The first-order chi connectivity index (χ1) is 11.0. The quantitative estimate of drug-likeness (QED) is 0.699. The molecule has 0 aliphatic rings. The smallest absolute Gasteiger partial charge is 0.257 e. The number of likely N-dealkylation sites (N-methyl/N-ethyl adjacent to an activating group) is 1. The number of nitrogens with zero attached hydrogens (tertiary/aromatic N) is 2. The normalized spacial score (nSPS) is 10.3. The first-order valence-electron chi connectivity index (χ1n) is 7.13. The van der Waals surface area contributed by atoms with Crippen LogP contribution in [0.2, 0.25) is 0 Å². The van der Waals surface area contributed by atoms with Gasteiger partial charge in [-0.3, -0.25) is 4.79 Å². The number of carbonyl (C=O) groups excluding carboxylic acids is 1. The number of ether oxygens (including phenoxy) is 1. The second-order valence-corrected chi connectivity index (χ2v) is 5.12. The van der Waals surface area contributed by atoms with Crippen molar-refractivity contribution in [2.24, 2.45) is 0 Å². The highest BCUT2D eigenvalue weighted by molar-refractivity contribution is 6.04. The van der Waals surface area contributed by atoms with E-state index in [1.807, 2.05) is 11.9 Å². The number of anilines is 4. The number of nitrogens with two attached hydrogens (primary N) is 2. The van der Waals surface area contributed by atoms with Gasteiger partial charge in [0.05, 0.1) is 23.5 Å². The lowest BCUT2D eigenvalue weighted by molar-refractivity contribution is 0.102. The first kappa shape index (κ1) is 16.6. The third-order valence-corrected chi connectivity index (χ3v) is 3.38. The Hall–Kier alpha value is -2.80. The lowest BCUT2D eigenvalue weighted by Crippen LogP contribution is -2.23. The molecule has 23 heavy (non-hydrogen) atoms. The van der Waals surface area contributed by atoms with Gasteiger partial charge in [0.15, 0.2) is 0 Å². The van der Waals surface area contributed by atoms with Crippen molar-refractivity contribution in [1.82, 2.24) is 4.98 Å². The van der Waals surface area contributed by atoms with Crippen LogP contribution in [0.5, 0.6) is 0 Å². The molecule has 0 saturated heterocycles. The fourth-order valence-corrected chi connectivity index (χ4v) is 1.94. The third kappa shape index (κ3) is 4.33. The van der Waals surface area contributed by atoms with Crippen molar-refractivity contribution in [3.8, 4) is 0 Å². The summed E-state index contributed by atoms with van der Waals surface area (Å²) in [7, 11) is 3.57. The van der Waals surface area contributed by atoms with Crippen LogP contribution < -0.4 is 21.7 Å². The monoisotopic (exact) mass is 315 g/mol. The number of rotatable bonds is 6. The molecule has 122 valence electrons. The van der Waals surface area contributed by atoms with Gasteiger partial charge in [-0.15, -0.1) is 0 Å². The molecule has 5 N–H and O–H groups in total. The minimum Gasteiger partial charge on any atom is -0.397 e. The number of benzene rings is 1. The van der Waals surface area contributed by atoms with E-state index in [9.17, 15) is 4.79 Å². The zero-order valence-corrected chi connectivity index (χ0v) is 13.2. The SMILES string of the molecule is COCCN(C)c1ccc(C(=O)Nc2ccc(N)c(N)c2)cn1. The molecule has 2 rings (SSSR count). The Morgan fingerprint density at radius 2 is 2.04 bits per heavy atom. The van der Waals surface area contributed by atoms with Crippen molar-refractivity contribution in [2.75, 3.05) is 49.0 Å². The molecule has 0 unspecified atom stereocenters. The molecule has 2 aromatic rings. The van der Waals surface area contributed by atoms with Crippen LogP contribution in [0.3, 0.4) is 0 Å². The van der Waals surface area contributed by atoms with Crippen LogP contribution in [0.4, 0.5) is 22.9 Å². The van der Waals surface area contributed by atoms with E-state index in [1.165, 1.54) is 6.20 Å². The van der Waals surface area contributed by atoms with Gasteiger partial charge in [-0.1, -0.05) is 0 Å². The summed E-state index contributed by atoms with van der Waals surface area (Å²) in [5.74, 6) is 0.517. The van der Waals surface area contributed by atoms with E-state index >= 15 is 0 Å². The highest BCUT2D eigenvalue weighted by Crippen LogP contribution is 2.20. The molecule has 7 heteroatoms. The van der Waals surface area contributed by atoms with Crippen molar-refractivity contribution in [3.05, 3.63) is 42.1 Å². The average Bonchev–Trinajstić information content (AvgIpc) is 2.56. The van der Waals surface area contributed by atoms with Crippen LogP contribution >= 0.6 is 0 Å². The molecule has 0 aliphatic heterocycles. The van der Waals surface area contributed by atoms with Gasteiger partial charge in [-0.25, -0.2) is 4.98 Å². The zero-order chi connectivity index (χ0) is 16.8. The van der Waals surface area contributed by atoms with E-state index in [2.05, 4.69) is 10.3 Å². The summed E-state index contributed by atoms with van der Waals surface area (Å²) in [6.07, 6.45) is 1.54. The van der Waals surface area contributed by atoms with Crippen molar-refractivity contribution in [2.45, 2.75) is 0 Å². The molecule has 0 aliphatic carbocycles. The van der Waals surface area contributed by atoms with Crippen LogP contribution in [0.25, 0.3) is 0 Å². The van der Waals surface area contributed by atoms with Crippen LogP contribution in [-0.2, 0) is 4.74 Å². The van der Waals surface area contributed by atoms with Crippen molar-refractivity contribution in [3.63, 3.8) is 0 Å². The summed E-state index contributed by atoms with van der Waals surface area (Å²) in [5.41, 5.74) is 13.3. The number of hydrogen-bond donors (Lipinski definition) is 3. The number of methoxy groups -OCH3 is 1. The molecule has 0 bridgehead atoms. The highest BCUT2D eigenvalue weighted by atomic mass is 16.5. The van der Waals surface area contributed by atoms with Crippen LogP contribution in [-0.4, -0.2) is 38.2 Å². The Kier molecular flexibility index (Phi) is 5.37. The molecule has 0 fully saturated rings. The Labute approximate surface area is 135 Å².